The Labute approximate surface area is 218 Å². The van der Waals surface area contributed by atoms with E-state index in [1.54, 1.807) is 24.4 Å². The summed E-state index contributed by atoms with van der Waals surface area (Å²) in [5.41, 5.74) is 4.60. The maximum atomic E-state index is 13.4. The molecule has 2 aromatic carbocycles. The molecule has 0 amide bonds. The van der Waals surface area contributed by atoms with Gasteiger partial charge in [0.25, 0.3) is 0 Å². The highest BCUT2D eigenvalue weighted by Crippen LogP contribution is 2.52. The average Bonchev–Trinajstić information content (AvgIpc) is 3.39. The second-order valence-electron chi connectivity index (χ2n) is 9.14. The van der Waals surface area contributed by atoms with Gasteiger partial charge in [0, 0.05) is 65.3 Å². The second kappa shape index (κ2) is 9.77. The molecule has 37 heavy (non-hydrogen) atoms. The van der Waals surface area contributed by atoms with E-state index in [4.69, 9.17) is 14.5 Å². The number of rotatable bonds is 9. The number of aromatic nitrogens is 2. The fraction of sp³-hybridized carbons (Fsp3) is 0.290. The Balaban J connectivity index is 1.90. The number of benzene rings is 2. The van der Waals surface area contributed by atoms with Crippen LogP contribution in [0.3, 0.4) is 0 Å². The highest BCUT2D eigenvalue weighted by Gasteiger charge is 2.54. The highest BCUT2D eigenvalue weighted by molar-refractivity contribution is 5.98. The van der Waals surface area contributed by atoms with E-state index >= 15 is 0 Å². The lowest BCUT2D eigenvalue weighted by Gasteiger charge is -2.32. The van der Waals surface area contributed by atoms with Crippen LogP contribution in [0.5, 0.6) is 5.75 Å². The average molecular weight is 496 g/mol. The quantitative estimate of drug-likeness (QED) is 0.203. The van der Waals surface area contributed by atoms with Crippen molar-refractivity contribution in [2.24, 2.45) is 0 Å². The lowest BCUT2D eigenvalue weighted by atomic mass is 9.80. The lowest BCUT2D eigenvalue weighted by Crippen LogP contribution is -2.32. The molecule has 0 bridgehead atoms. The first-order chi connectivity index (χ1) is 18.0. The predicted molar refractivity (Wildman–Crippen MR) is 148 cm³/mol. The topological polar surface area (TPSA) is 56.6 Å². The number of para-hydroxylation sites is 1. The minimum Gasteiger partial charge on any atom is -0.489 e. The van der Waals surface area contributed by atoms with Crippen LogP contribution in [0.4, 0.5) is 5.69 Å². The van der Waals surface area contributed by atoms with Crippen LogP contribution in [0, 0.1) is 6.92 Å². The number of hydrogen-bond acceptors (Lipinski definition) is 5. The molecule has 190 valence electrons. The number of fused-ring (bicyclic) bond motifs is 2. The van der Waals surface area contributed by atoms with E-state index in [0.29, 0.717) is 23.6 Å². The fourth-order valence-electron chi connectivity index (χ4n) is 5.72. The summed E-state index contributed by atoms with van der Waals surface area (Å²) in [6.45, 7) is 15.2. The molecule has 0 aliphatic carbocycles. The molecule has 0 saturated carbocycles. The van der Waals surface area contributed by atoms with Crippen molar-refractivity contribution in [3.05, 3.63) is 102 Å². The number of esters is 1. The van der Waals surface area contributed by atoms with Gasteiger partial charge in [-0.2, -0.15) is 0 Å². The van der Waals surface area contributed by atoms with E-state index in [9.17, 15) is 4.79 Å². The van der Waals surface area contributed by atoms with Crippen LogP contribution in [0.15, 0.2) is 73.4 Å². The summed E-state index contributed by atoms with van der Waals surface area (Å²) in [6.07, 6.45) is 3.44. The maximum absolute atomic E-state index is 13.4. The third kappa shape index (κ3) is 3.70. The van der Waals surface area contributed by atoms with Gasteiger partial charge in [-0.3, -0.25) is 4.98 Å². The Morgan fingerprint density at radius 3 is 2.62 bits per heavy atom. The first kappa shape index (κ1) is 24.6. The number of ether oxygens (including phenoxy) is 2. The van der Waals surface area contributed by atoms with Gasteiger partial charge in [0.1, 0.15) is 18.1 Å². The van der Waals surface area contributed by atoms with Gasteiger partial charge in [-0.05, 0) is 58.0 Å². The SMILES string of the molecule is C=CCOc1cc(N(CC)CC)ccc1C1(c2c(C)n(CC)c3ccccc23)OC(=O)c2cccnc21. The van der Waals surface area contributed by atoms with Crippen LogP contribution in [0.25, 0.3) is 10.9 Å². The Morgan fingerprint density at radius 1 is 1.11 bits per heavy atom. The summed E-state index contributed by atoms with van der Waals surface area (Å²) in [5, 5.41) is 1.02. The van der Waals surface area contributed by atoms with Gasteiger partial charge in [-0.1, -0.05) is 30.9 Å². The summed E-state index contributed by atoms with van der Waals surface area (Å²) in [6, 6.07) is 18.0. The number of hydrogen-bond donors (Lipinski definition) is 0. The molecule has 5 rings (SSSR count). The Morgan fingerprint density at radius 2 is 1.89 bits per heavy atom. The maximum Gasteiger partial charge on any atom is 0.341 e. The van der Waals surface area contributed by atoms with Crippen molar-refractivity contribution in [2.75, 3.05) is 24.6 Å². The lowest BCUT2D eigenvalue weighted by molar-refractivity contribution is 0.0238. The van der Waals surface area contributed by atoms with Crippen LogP contribution in [0.1, 0.15) is 53.6 Å². The standard InChI is InChI=1S/C31H33N3O3/c1-6-19-36-27-20-22(33(7-2)8-3)16-17-25(27)31(29-24(30(35)37-31)14-12-18-32-29)28-21(5)34(9-4)26-15-11-10-13-23(26)28/h6,10-18,20H,1,7-9,19H2,2-5H3. The zero-order chi connectivity index (χ0) is 26.2. The van der Waals surface area contributed by atoms with Gasteiger partial charge in [-0.15, -0.1) is 0 Å². The van der Waals surface area contributed by atoms with Crippen molar-refractivity contribution in [1.29, 1.82) is 0 Å². The molecule has 2 aromatic heterocycles. The van der Waals surface area contributed by atoms with Crippen molar-refractivity contribution >= 4 is 22.6 Å². The van der Waals surface area contributed by atoms with Gasteiger partial charge < -0.3 is 18.9 Å². The summed E-state index contributed by atoms with van der Waals surface area (Å²) >= 11 is 0. The molecule has 0 saturated heterocycles. The van der Waals surface area contributed by atoms with Gasteiger partial charge >= 0.3 is 5.97 Å². The third-order valence-electron chi connectivity index (χ3n) is 7.34. The molecule has 0 radical (unpaired) electrons. The summed E-state index contributed by atoms with van der Waals surface area (Å²) in [4.78, 5) is 20.4. The van der Waals surface area contributed by atoms with E-state index in [2.05, 4.69) is 61.9 Å². The molecule has 3 heterocycles. The number of pyridine rings is 1. The van der Waals surface area contributed by atoms with Crippen molar-refractivity contribution in [2.45, 2.75) is 39.8 Å². The molecule has 1 aliphatic heterocycles. The zero-order valence-corrected chi connectivity index (χ0v) is 22.0. The Hall–Kier alpha value is -4.06. The number of anilines is 1. The smallest absolute Gasteiger partial charge is 0.341 e. The number of nitrogens with zero attached hydrogens (tertiary/aromatic N) is 3. The molecule has 1 unspecified atom stereocenters. The minimum absolute atomic E-state index is 0.323. The molecule has 1 aliphatic rings. The fourth-order valence-corrected chi connectivity index (χ4v) is 5.72. The third-order valence-corrected chi connectivity index (χ3v) is 7.34. The van der Waals surface area contributed by atoms with Gasteiger partial charge in [0.15, 0.2) is 0 Å². The Bertz CT molecular complexity index is 1480. The van der Waals surface area contributed by atoms with Crippen molar-refractivity contribution < 1.29 is 14.3 Å². The first-order valence-electron chi connectivity index (χ1n) is 12.9. The molecule has 0 spiro atoms. The monoisotopic (exact) mass is 495 g/mol. The van der Waals surface area contributed by atoms with Gasteiger partial charge in [-0.25, -0.2) is 4.79 Å². The van der Waals surface area contributed by atoms with Crippen LogP contribution < -0.4 is 9.64 Å². The highest BCUT2D eigenvalue weighted by atomic mass is 16.6. The minimum atomic E-state index is -1.27. The summed E-state index contributed by atoms with van der Waals surface area (Å²) in [7, 11) is 0. The van der Waals surface area contributed by atoms with E-state index in [1.165, 1.54) is 0 Å². The van der Waals surface area contributed by atoms with Gasteiger partial charge in [0.2, 0.25) is 5.60 Å². The van der Waals surface area contributed by atoms with E-state index in [0.717, 1.165) is 53.0 Å². The first-order valence-corrected chi connectivity index (χ1v) is 12.9. The largest absolute Gasteiger partial charge is 0.489 e. The van der Waals surface area contributed by atoms with Gasteiger partial charge in [0.05, 0.1) is 5.56 Å². The van der Waals surface area contributed by atoms with Crippen LogP contribution in [0.2, 0.25) is 0 Å². The number of cyclic esters (lactones) is 1. The summed E-state index contributed by atoms with van der Waals surface area (Å²) < 4.78 is 15.0. The molecule has 4 aromatic rings. The number of aryl methyl sites for hydroxylation is 1. The second-order valence-corrected chi connectivity index (χ2v) is 9.14. The van der Waals surface area contributed by atoms with E-state index in [1.807, 2.05) is 24.3 Å². The molecule has 6 heteroatoms. The Kier molecular flexibility index (Phi) is 6.50. The van der Waals surface area contributed by atoms with E-state index < -0.39 is 11.6 Å². The van der Waals surface area contributed by atoms with Crippen molar-refractivity contribution in [3.63, 3.8) is 0 Å². The zero-order valence-electron chi connectivity index (χ0n) is 22.0. The number of carbonyl (C=O) groups excluding carboxylic acids is 1. The molecule has 0 fully saturated rings. The van der Waals surface area contributed by atoms with Crippen LogP contribution in [-0.4, -0.2) is 35.2 Å². The van der Waals surface area contributed by atoms with E-state index in [-0.39, 0.29) is 0 Å². The van der Waals surface area contributed by atoms with Crippen LogP contribution >= 0.6 is 0 Å². The molecule has 6 nitrogen and oxygen atoms in total. The molecule has 0 N–H and O–H groups in total. The van der Waals surface area contributed by atoms with Crippen LogP contribution in [-0.2, 0) is 16.9 Å². The normalized spacial score (nSPS) is 16.5. The molecular formula is C31H33N3O3. The van der Waals surface area contributed by atoms with Crippen molar-refractivity contribution in [1.82, 2.24) is 9.55 Å². The molecular weight excluding hydrogens is 462 g/mol. The van der Waals surface area contributed by atoms with Crippen molar-refractivity contribution in [3.8, 4) is 5.75 Å². The molecule has 1 atom stereocenters. The summed E-state index contributed by atoms with van der Waals surface area (Å²) in [5.74, 6) is 0.252. The predicted octanol–water partition coefficient (Wildman–Crippen LogP) is 6.24. The number of carbonyl (C=O) groups is 1.